The lowest BCUT2D eigenvalue weighted by molar-refractivity contribution is -0.139. The van der Waals surface area contributed by atoms with Crippen LogP contribution in [-0.2, 0) is 4.79 Å². The van der Waals surface area contributed by atoms with E-state index >= 15 is 0 Å². The van der Waals surface area contributed by atoms with E-state index in [2.05, 4.69) is 37.4 Å². The molecule has 0 saturated heterocycles. The molecule has 2 atom stereocenters. The second kappa shape index (κ2) is 7.71. The predicted octanol–water partition coefficient (Wildman–Crippen LogP) is 4.79. The lowest BCUT2D eigenvalue weighted by Crippen LogP contribution is -2.51. The smallest absolute Gasteiger partial charge is 0.311 e. The highest BCUT2D eigenvalue weighted by Gasteiger charge is 2.43. The Bertz CT molecular complexity index is 845. The molecular weight excluding hydrogens is 336 g/mol. The van der Waals surface area contributed by atoms with Gasteiger partial charge in [0, 0.05) is 5.54 Å². The maximum Gasteiger partial charge on any atom is 0.311 e. The number of hydrogen-bond acceptors (Lipinski definition) is 1. The van der Waals surface area contributed by atoms with E-state index in [0.717, 1.165) is 11.1 Å². The molecule has 2 nitrogen and oxygen atoms in total. The minimum atomic E-state index is -2.14. The molecule has 0 aliphatic heterocycles. The van der Waals surface area contributed by atoms with E-state index in [0.29, 0.717) is 0 Å². The molecule has 3 aromatic carbocycles. The summed E-state index contributed by atoms with van der Waals surface area (Å²) in [5.74, 6) is -1.33. The summed E-state index contributed by atoms with van der Waals surface area (Å²) in [6.45, 7) is 4.55. The van der Waals surface area contributed by atoms with Crippen LogP contribution in [0.1, 0.15) is 22.6 Å². The van der Waals surface area contributed by atoms with Crippen LogP contribution >= 0.6 is 0 Å². The van der Waals surface area contributed by atoms with Crippen molar-refractivity contribution in [1.82, 2.24) is 0 Å². The monoisotopic (exact) mass is 360 g/mol. The first-order valence-electron chi connectivity index (χ1n) is 8.90. The van der Waals surface area contributed by atoms with Crippen LogP contribution in [0, 0.1) is 0 Å². The summed E-state index contributed by atoms with van der Waals surface area (Å²) in [5.41, 5.74) is 1.90. The van der Waals surface area contributed by atoms with Gasteiger partial charge in [-0.1, -0.05) is 109 Å². The van der Waals surface area contributed by atoms with Crippen molar-refractivity contribution in [2.24, 2.45) is 0 Å². The second-order valence-corrected chi connectivity index (χ2v) is 11.8. The summed E-state index contributed by atoms with van der Waals surface area (Å²) >= 11 is 0. The molecule has 0 spiro atoms. The Hall–Kier alpha value is -2.65. The van der Waals surface area contributed by atoms with Crippen molar-refractivity contribution in [3.05, 3.63) is 102 Å². The molecule has 0 radical (unpaired) electrons. The fourth-order valence-corrected chi connectivity index (χ4v) is 7.48. The van der Waals surface area contributed by atoms with E-state index in [1.807, 2.05) is 66.7 Å². The normalized spacial score (nSPS) is 13.8. The number of aliphatic carboxylic acids is 1. The van der Waals surface area contributed by atoms with Crippen molar-refractivity contribution >= 4 is 19.2 Å². The van der Waals surface area contributed by atoms with Gasteiger partial charge in [0.15, 0.2) is 0 Å². The molecule has 0 amide bonds. The molecule has 0 aromatic heterocycles. The van der Waals surface area contributed by atoms with Crippen LogP contribution in [0.5, 0.6) is 0 Å². The predicted molar refractivity (Wildman–Crippen MR) is 110 cm³/mol. The highest BCUT2D eigenvalue weighted by Crippen LogP contribution is 2.40. The summed E-state index contributed by atoms with van der Waals surface area (Å²) in [6, 6.07) is 30.2. The molecule has 132 valence electrons. The molecule has 2 unspecified atom stereocenters. The maximum absolute atomic E-state index is 12.4. The Balaban J connectivity index is 2.19. The Labute approximate surface area is 156 Å². The average molecular weight is 361 g/mol. The Morgan fingerprint density at radius 3 is 1.62 bits per heavy atom. The molecule has 0 heterocycles. The van der Waals surface area contributed by atoms with Crippen molar-refractivity contribution in [2.75, 3.05) is 0 Å². The van der Waals surface area contributed by atoms with Crippen LogP contribution in [0.3, 0.4) is 0 Å². The number of carbonyl (C=O) groups is 1. The highest BCUT2D eigenvalue weighted by molar-refractivity contribution is 6.91. The van der Waals surface area contributed by atoms with E-state index in [4.69, 9.17) is 0 Å². The Kier molecular flexibility index (Phi) is 5.38. The topological polar surface area (TPSA) is 37.3 Å². The van der Waals surface area contributed by atoms with Crippen LogP contribution in [0.4, 0.5) is 0 Å². The molecule has 26 heavy (non-hydrogen) atoms. The summed E-state index contributed by atoms with van der Waals surface area (Å²) in [4.78, 5) is 12.4. The zero-order valence-corrected chi connectivity index (χ0v) is 16.2. The Morgan fingerprint density at radius 2 is 1.15 bits per heavy atom. The molecule has 0 saturated carbocycles. The van der Waals surface area contributed by atoms with Crippen molar-refractivity contribution in [1.29, 1.82) is 0 Å². The standard InChI is InChI=1S/C23H24O2Si/c1-26(2,20-16-10-5-11-17-20)22(19-14-8-4-9-15-19)21(23(24)25)18-12-6-3-7-13-18/h3-17,21-22H,1-2H3,(H,24,25). The third-order valence-corrected chi connectivity index (χ3v) is 9.26. The van der Waals surface area contributed by atoms with Crippen molar-refractivity contribution < 1.29 is 9.90 Å². The van der Waals surface area contributed by atoms with Gasteiger partial charge in [0.1, 0.15) is 0 Å². The minimum Gasteiger partial charge on any atom is -0.481 e. The highest BCUT2D eigenvalue weighted by atomic mass is 28.3. The molecule has 3 rings (SSSR count). The summed E-state index contributed by atoms with van der Waals surface area (Å²) in [5, 5.41) is 11.5. The van der Waals surface area contributed by atoms with Crippen LogP contribution in [-0.4, -0.2) is 19.1 Å². The summed E-state index contributed by atoms with van der Waals surface area (Å²) < 4.78 is 0. The van der Waals surface area contributed by atoms with Gasteiger partial charge in [0.05, 0.1) is 14.0 Å². The third-order valence-electron chi connectivity index (χ3n) is 5.21. The molecule has 3 aromatic rings. The van der Waals surface area contributed by atoms with Crippen LogP contribution < -0.4 is 5.19 Å². The number of carboxylic acid groups (broad SMARTS) is 1. The molecule has 1 N–H and O–H groups in total. The third kappa shape index (κ3) is 3.63. The second-order valence-electron chi connectivity index (χ2n) is 7.20. The number of carboxylic acids is 1. The van der Waals surface area contributed by atoms with Gasteiger partial charge < -0.3 is 5.11 Å². The van der Waals surface area contributed by atoms with Gasteiger partial charge in [0.2, 0.25) is 0 Å². The number of benzene rings is 3. The number of rotatable bonds is 6. The molecule has 0 aliphatic rings. The largest absolute Gasteiger partial charge is 0.481 e. The molecule has 0 fully saturated rings. The fourth-order valence-electron chi connectivity index (χ4n) is 3.87. The van der Waals surface area contributed by atoms with Gasteiger partial charge in [0.25, 0.3) is 0 Å². The van der Waals surface area contributed by atoms with E-state index in [-0.39, 0.29) is 5.54 Å². The Morgan fingerprint density at radius 1 is 0.731 bits per heavy atom. The lowest BCUT2D eigenvalue weighted by Gasteiger charge is -2.37. The van der Waals surface area contributed by atoms with Crippen molar-refractivity contribution in [2.45, 2.75) is 24.6 Å². The van der Waals surface area contributed by atoms with Gasteiger partial charge in [-0.3, -0.25) is 4.79 Å². The first-order chi connectivity index (χ1) is 12.5. The lowest BCUT2D eigenvalue weighted by atomic mass is 9.91. The van der Waals surface area contributed by atoms with Crippen molar-refractivity contribution in [3.63, 3.8) is 0 Å². The first-order valence-corrected chi connectivity index (χ1v) is 12.0. The first kappa shape index (κ1) is 18.1. The van der Waals surface area contributed by atoms with Crippen LogP contribution in [0.15, 0.2) is 91.0 Å². The quantitative estimate of drug-likeness (QED) is 0.642. The fraction of sp³-hybridized carbons (Fsp3) is 0.174. The van der Waals surface area contributed by atoms with Gasteiger partial charge in [-0.15, -0.1) is 0 Å². The zero-order valence-electron chi connectivity index (χ0n) is 15.2. The van der Waals surface area contributed by atoms with Gasteiger partial charge in [-0.2, -0.15) is 0 Å². The average Bonchev–Trinajstić information content (AvgIpc) is 2.67. The molecule has 0 bridgehead atoms. The van der Waals surface area contributed by atoms with Gasteiger partial charge in [-0.25, -0.2) is 0 Å². The summed E-state index contributed by atoms with van der Waals surface area (Å²) in [7, 11) is -2.14. The zero-order chi connectivity index (χ0) is 18.6. The van der Waals surface area contributed by atoms with Gasteiger partial charge >= 0.3 is 5.97 Å². The number of hydrogen-bond donors (Lipinski definition) is 1. The van der Waals surface area contributed by atoms with E-state index in [9.17, 15) is 9.90 Å². The minimum absolute atomic E-state index is 0.0639. The van der Waals surface area contributed by atoms with Crippen LogP contribution in [0.2, 0.25) is 13.1 Å². The molecule has 3 heteroatoms. The van der Waals surface area contributed by atoms with E-state index in [1.165, 1.54) is 5.19 Å². The SMILES string of the molecule is C[Si](C)(c1ccccc1)C(c1ccccc1)C(C(=O)O)c1ccccc1. The van der Waals surface area contributed by atoms with E-state index in [1.54, 1.807) is 0 Å². The summed E-state index contributed by atoms with van der Waals surface area (Å²) in [6.07, 6.45) is 0. The maximum atomic E-state index is 12.4. The molecule has 0 aliphatic carbocycles. The van der Waals surface area contributed by atoms with Crippen molar-refractivity contribution in [3.8, 4) is 0 Å². The van der Waals surface area contributed by atoms with Gasteiger partial charge in [-0.05, 0) is 11.1 Å². The van der Waals surface area contributed by atoms with Crippen LogP contribution in [0.25, 0.3) is 0 Å². The molecular formula is C23H24O2Si. The van der Waals surface area contributed by atoms with E-state index < -0.39 is 20.0 Å².